The molecule has 19 heavy (non-hydrogen) atoms. The number of hydrogen-bond acceptors (Lipinski definition) is 4. The first-order valence-electron chi connectivity index (χ1n) is 6.20. The maximum Gasteiger partial charge on any atom is 0.323 e. The fraction of sp³-hybridized carbons (Fsp3) is 0.538. The summed E-state index contributed by atoms with van der Waals surface area (Å²) in [5.74, 6) is -0.587. The van der Waals surface area contributed by atoms with Gasteiger partial charge in [-0.25, -0.2) is 0 Å². The molecule has 2 atom stereocenters. The standard InChI is InChI=1S/C13H20N2O4/c1-4-13(3,12(17)18)14-8-11(16)15-9(2)10-6-5-7-19-10/h5-7,9,14H,4,8H2,1-3H3,(H,15,16)(H,17,18). The summed E-state index contributed by atoms with van der Waals surface area (Å²) in [4.78, 5) is 22.8. The van der Waals surface area contributed by atoms with Crippen molar-refractivity contribution in [2.24, 2.45) is 0 Å². The molecule has 0 bridgehead atoms. The number of carboxylic acid groups (broad SMARTS) is 1. The molecular formula is C13H20N2O4. The fourth-order valence-corrected chi connectivity index (χ4v) is 1.53. The third-order valence-corrected chi connectivity index (χ3v) is 3.17. The van der Waals surface area contributed by atoms with Gasteiger partial charge in [0.05, 0.1) is 18.8 Å². The van der Waals surface area contributed by atoms with Crippen LogP contribution in [0.25, 0.3) is 0 Å². The number of carbonyl (C=O) groups excluding carboxylic acids is 1. The van der Waals surface area contributed by atoms with Crippen molar-refractivity contribution in [1.82, 2.24) is 10.6 Å². The van der Waals surface area contributed by atoms with E-state index in [-0.39, 0.29) is 18.5 Å². The number of amides is 1. The molecule has 0 saturated heterocycles. The van der Waals surface area contributed by atoms with Crippen LogP contribution < -0.4 is 10.6 Å². The topological polar surface area (TPSA) is 91.6 Å². The number of carbonyl (C=O) groups is 2. The van der Waals surface area contributed by atoms with E-state index in [0.29, 0.717) is 12.2 Å². The molecule has 1 heterocycles. The number of aliphatic carboxylic acids is 1. The van der Waals surface area contributed by atoms with Crippen LogP contribution in [0.3, 0.4) is 0 Å². The summed E-state index contributed by atoms with van der Waals surface area (Å²) in [5, 5.41) is 14.6. The highest BCUT2D eigenvalue weighted by molar-refractivity contribution is 5.82. The first-order chi connectivity index (χ1) is 8.89. The molecule has 1 aromatic rings. The molecule has 1 aromatic heterocycles. The summed E-state index contributed by atoms with van der Waals surface area (Å²) >= 11 is 0. The van der Waals surface area contributed by atoms with Gasteiger partial charge in [0, 0.05) is 0 Å². The minimum absolute atomic E-state index is 0.0539. The van der Waals surface area contributed by atoms with Crippen molar-refractivity contribution < 1.29 is 19.1 Å². The smallest absolute Gasteiger partial charge is 0.323 e. The third-order valence-electron chi connectivity index (χ3n) is 3.17. The van der Waals surface area contributed by atoms with Crippen LogP contribution in [-0.4, -0.2) is 29.1 Å². The highest BCUT2D eigenvalue weighted by atomic mass is 16.4. The zero-order valence-electron chi connectivity index (χ0n) is 11.4. The monoisotopic (exact) mass is 268 g/mol. The van der Waals surface area contributed by atoms with Gasteiger partial charge < -0.3 is 14.8 Å². The minimum Gasteiger partial charge on any atom is -0.480 e. The van der Waals surface area contributed by atoms with Crippen LogP contribution >= 0.6 is 0 Å². The Kier molecular flexibility index (Phi) is 5.11. The third kappa shape index (κ3) is 4.10. The molecule has 1 amide bonds. The van der Waals surface area contributed by atoms with Crippen LogP contribution in [-0.2, 0) is 9.59 Å². The Bertz CT molecular complexity index is 430. The average molecular weight is 268 g/mol. The highest BCUT2D eigenvalue weighted by Gasteiger charge is 2.31. The fourth-order valence-electron chi connectivity index (χ4n) is 1.53. The minimum atomic E-state index is -1.09. The van der Waals surface area contributed by atoms with Gasteiger partial charge in [0.1, 0.15) is 11.3 Å². The molecule has 0 aliphatic heterocycles. The number of rotatable bonds is 7. The lowest BCUT2D eigenvalue weighted by Gasteiger charge is -2.24. The van der Waals surface area contributed by atoms with Crippen LogP contribution in [0.4, 0.5) is 0 Å². The molecule has 1 rings (SSSR count). The Labute approximate surface area is 112 Å². The summed E-state index contributed by atoms with van der Waals surface area (Å²) in [6.45, 7) is 5.05. The Morgan fingerprint density at radius 3 is 2.68 bits per heavy atom. The van der Waals surface area contributed by atoms with Gasteiger partial charge in [-0.05, 0) is 32.4 Å². The van der Waals surface area contributed by atoms with E-state index in [4.69, 9.17) is 9.52 Å². The van der Waals surface area contributed by atoms with Gasteiger partial charge in [-0.3, -0.25) is 14.9 Å². The summed E-state index contributed by atoms with van der Waals surface area (Å²) in [7, 11) is 0. The second-order valence-electron chi connectivity index (χ2n) is 4.65. The predicted molar refractivity (Wildman–Crippen MR) is 69.6 cm³/mol. The van der Waals surface area contributed by atoms with E-state index in [2.05, 4.69) is 10.6 Å². The number of furan rings is 1. The predicted octanol–water partition coefficient (Wildman–Crippen LogP) is 1.30. The first kappa shape index (κ1) is 15.2. The first-order valence-corrected chi connectivity index (χ1v) is 6.20. The van der Waals surface area contributed by atoms with E-state index in [9.17, 15) is 9.59 Å². The lowest BCUT2D eigenvalue weighted by Crippen LogP contribution is -2.52. The average Bonchev–Trinajstić information content (AvgIpc) is 2.89. The van der Waals surface area contributed by atoms with Gasteiger partial charge in [-0.1, -0.05) is 6.92 Å². The van der Waals surface area contributed by atoms with E-state index >= 15 is 0 Å². The SMILES string of the molecule is CCC(C)(NCC(=O)NC(C)c1ccco1)C(=O)O. The Hall–Kier alpha value is -1.82. The zero-order valence-corrected chi connectivity index (χ0v) is 11.4. The maximum atomic E-state index is 11.7. The van der Waals surface area contributed by atoms with Crippen molar-refractivity contribution in [2.75, 3.05) is 6.54 Å². The second-order valence-corrected chi connectivity index (χ2v) is 4.65. The molecule has 0 radical (unpaired) electrons. The van der Waals surface area contributed by atoms with Crippen molar-refractivity contribution >= 4 is 11.9 Å². The lowest BCUT2D eigenvalue weighted by atomic mass is 9.99. The second kappa shape index (κ2) is 6.38. The molecule has 0 fully saturated rings. The van der Waals surface area contributed by atoms with Crippen molar-refractivity contribution in [3.63, 3.8) is 0 Å². The Balaban J connectivity index is 2.46. The number of carboxylic acids is 1. The van der Waals surface area contributed by atoms with Gasteiger partial charge in [0.15, 0.2) is 0 Å². The van der Waals surface area contributed by atoms with Crippen LogP contribution in [0.2, 0.25) is 0 Å². The molecule has 6 heteroatoms. The summed E-state index contributed by atoms with van der Waals surface area (Å²) < 4.78 is 5.17. The van der Waals surface area contributed by atoms with Crippen LogP contribution in [0.15, 0.2) is 22.8 Å². The van der Waals surface area contributed by atoms with E-state index in [1.807, 2.05) is 0 Å². The normalized spacial score (nSPS) is 15.5. The van der Waals surface area contributed by atoms with E-state index in [1.54, 1.807) is 32.9 Å². The zero-order chi connectivity index (χ0) is 14.5. The molecule has 0 aliphatic rings. The highest BCUT2D eigenvalue weighted by Crippen LogP contribution is 2.12. The van der Waals surface area contributed by atoms with Crippen molar-refractivity contribution in [1.29, 1.82) is 0 Å². The molecular weight excluding hydrogens is 248 g/mol. The number of nitrogens with one attached hydrogen (secondary N) is 2. The maximum absolute atomic E-state index is 11.7. The molecule has 0 saturated carbocycles. The van der Waals surface area contributed by atoms with Gasteiger partial charge in [0.25, 0.3) is 0 Å². The van der Waals surface area contributed by atoms with Crippen LogP contribution in [0.1, 0.15) is 39.0 Å². The summed E-state index contributed by atoms with van der Waals surface area (Å²) in [6, 6.07) is 3.27. The van der Waals surface area contributed by atoms with Crippen molar-refractivity contribution in [2.45, 2.75) is 38.8 Å². The Morgan fingerprint density at radius 2 is 2.21 bits per heavy atom. The number of hydrogen-bond donors (Lipinski definition) is 3. The van der Waals surface area contributed by atoms with Crippen molar-refractivity contribution in [3.05, 3.63) is 24.2 Å². The molecule has 3 N–H and O–H groups in total. The van der Waals surface area contributed by atoms with Gasteiger partial charge in [0.2, 0.25) is 5.91 Å². The van der Waals surface area contributed by atoms with Gasteiger partial charge in [-0.15, -0.1) is 0 Å². The summed E-state index contributed by atoms with van der Waals surface area (Å²) in [5.41, 5.74) is -1.09. The molecule has 0 spiro atoms. The largest absolute Gasteiger partial charge is 0.480 e. The van der Waals surface area contributed by atoms with E-state index in [1.165, 1.54) is 6.26 Å². The molecule has 2 unspecified atom stereocenters. The molecule has 0 aliphatic carbocycles. The quantitative estimate of drug-likeness (QED) is 0.693. The van der Waals surface area contributed by atoms with Gasteiger partial charge in [-0.2, -0.15) is 0 Å². The van der Waals surface area contributed by atoms with Crippen molar-refractivity contribution in [3.8, 4) is 0 Å². The van der Waals surface area contributed by atoms with E-state index < -0.39 is 11.5 Å². The Morgan fingerprint density at radius 1 is 1.53 bits per heavy atom. The molecule has 6 nitrogen and oxygen atoms in total. The molecule has 106 valence electrons. The summed E-state index contributed by atoms with van der Waals surface area (Å²) in [6.07, 6.45) is 1.93. The van der Waals surface area contributed by atoms with Crippen LogP contribution in [0.5, 0.6) is 0 Å². The van der Waals surface area contributed by atoms with E-state index in [0.717, 1.165) is 0 Å². The van der Waals surface area contributed by atoms with Crippen LogP contribution in [0, 0.1) is 0 Å². The molecule has 0 aromatic carbocycles. The van der Waals surface area contributed by atoms with Gasteiger partial charge >= 0.3 is 5.97 Å². The lowest BCUT2D eigenvalue weighted by molar-refractivity contribution is -0.144.